The molecule has 1 saturated heterocycles. The van der Waals surface area contributed by atoms with Gasteiger partial charge in [-0.2, -0.15) is 0 Å². The van der Waals surface area contributed by atoms with Gasteiger partial charge in [-0.25, -0.2) is 0 Å². The second-order valence-electron chi connectivity index (χ2n) is 10.7. The first-order valence-corrected chi connectivity index (χ1v) is 15.5. The molecule has 0 unspecified atom stereocenters. The highest BCUT2D eigenvalue weighted by atomic mass is 32.2. The average Bonchev–Trinajstić information content (AvgIpc) is 3.47. The quantitative estimate of drug-likeness (QED) is 0.174. The summed E-state index contributed by atoms with van der Waals surface area (Å²) in [7, 11) is 1.92. The SMILES string of the molecule is Cn1cnnc1SC[C@@H]1C[C@H](c2ccc(CO)cc2)O[C@H](c2ccc(-c3cccc(CNC(=O)CCCC(=O)O)c3)cc2)O1. The van der Waals surface area contributed by atoms with Crippen LogP contribution < -0.4 is 5.32 Å². The molecule has 0 spiro atoms. The Morgan fingerprint density at radius 2 is 1.75 bits per heavy atom. The Kier molecular flexibility index (Phi) is 10.8. The topological polar surface area (TPSA) is 136 Å². The first-order valence-electron chi connectivity index (χ1n) is 14.5. The highest BCUT2D eigenvalue weighted by molar-refractivity contribution is 7.99. The predicted molar refractivity (Wildman–Crippen MR) is 165 cm³/mol. The number of carboxylic acid groups (broad SMARTS) is 1. The lowest BCUT2D eigenvalue weighted by atomic mass is 9.99. The average molecular weight is 617 g/mol. The summed E-state index contributed by atoms with van der Waals surface area (Å²) < 4.78 is 14.8. The third-order valence-corrected chi connectivity index (χ3v) is 8.58. The normalized spacial score (nSPS) is 18.2. The number of amides is 1. The third-order valence-electron chi connectivity index (χ3n) is 7.41. The molecule has 3 N–H and O–H groups in total. The lowest BCUT2D eigenvalue weighted by molar-refractivity contribution is -0.245. The zero-order valence-corrected chi connectivity index (χ0v) is 25.3. The van der Waals surface area contributed by atoms with Crippen molar-refractivity contribution in [3.8, 4) is 11.1 Å². The van der Waals surface area contributed by atoms with Gasteiger partial charge in [-0.05, 0) is 40.3 Å². The summed E-state index contributed by atoms with van der Waals surface area (Å²) in [6, 6.07) is 23.9. The van der Waals surface area contributed by atoms with E-state index in [2.05, 4.69) is 15.5 Å². The van der Waals surface area contributed by atoms with Gasteiger partial charge in [0, 0.05) is 44.2 Å². The molecular weight excluding hydrogens is 580 g/mol. The molecule has 0 bridgehead atoms. The highest BCUT2D eigenvalue weighted by Gasteiger charge is 2.32. The van der Waals surface area contributed by atoms with Gasteiger partial charge >= 0.3 is 5.97 Å². The van der Waals surface area contributed by atoms with Crippen molar-refractivity contribution in [1.29, 1.82) is 0 Å². The van der Waals surface area contributed by atoms with E-state index >= 15 is 0 Å². The number of rotatable bonds is 13. The third kappa shape index (κ3) is 8.54. The second kappa shape index (κ2) is 15.1. The van der Waals surface area contributed by atoms with Crippen molar-refractivity contribution in [2.75, 3.05) is 5.75 Å². The minimum atomic E-state index is -0.899. The summed E-state index contributed by atoms with van der Waals surface area (Å²) in [6.07, 6.45) is 2.02. The first kappa shape index (κ1) is 31.4. The number of carbonyl (C=O) groups excluding carboxylic acids is 1. The number of thioether (sulfide) groups is 1. The van der Waals surface area contributed by atoms with Crippen molar-refractivity contribution >= 4 is 23.6 Å². The van der Waals surface area contributed by atoms with Crippen molar-refractivity contribution in [1.82, 2.24) is 20.1 Å². The van der Waals surface area contributed by atoms with Gasteiger partial charge in [-0.1, -0.05) is 78.5 Å². The fraction of sp³-hybridized carbons (Fsp3) is 0.333. The van der Waals surface area contributed by atoms with Gasteiger partial charge in [0.2, 0.25) is 5.91 Å². The van der Waals surface area contributed by atoms with E-state index in [0.29, 0.717) is 25.1 Å². The van der Waals surface area contributed by atoms with Crippen LogP contribution >= 0.6 is 11.8 Å². The number of carbonyl (C=O) groups is 2. The summed E-state index contributed by atoms with van der Waals surface area (Å²) in [6.45, 7) is 0.364. The number of benzene rings is 3. The van der Waals surface area contributed by atoms with Crippen LogP contribution in [-0.4, -0.2) is 48.7 Å². The van der Waals surface area contributed by atoms with E-state index in [1.165, 1.54) is 0 Å². The zero-order valence-electron chi connectivity index (χ0n) is 24.5. The zero-order chi connectivity index (χ0) is 30.9. The van der Waals surface area contributed by atoms with Crippen LogP contribution in [0.3, 0.4) is 0 Å². The van der Waals surface area contributed by atoms with E-state index in [0.717, 1.165) is 38.5 Å². The summed E-state index contributed by atoms with van der Waals surface area (Å²) >= 11 is 1.60. The number of ether oxygens (including phenoxy) is 2. The van der Waals surface area contributed by atoms with Crippen molar-refractivity contribution in [2.24, 2.45) is 7.05 Å². The van der Waals surface area contributed by atoms with Crippen LogP contribution in [0.5, 0.6) is 0 Å². The smallest absolute Gasteiger partial charge is 0.303 e. The lowest BCUT2D eigenvalue weighted by Gasteiger charge is -2.36. The standard InChI is InChI=1S/C33H36N4O6S/c1-37-21-35-36-33(37)44-20-28-17-29(25-10-8-22(19-38)9-11-25)43-32(42-28)26-14-12-24(13-15-26)27-5-2-4-23(16-27)18-34-30(39)6-3-7-31(40)41/h2,4-5,8-16,21,28-29,32,38H,3,6-7,17-20H2,1H3,(H,34,39)(H,40,41)/t28-,29+,32+/m0/s1. The summed E-state index contributed by atoms with van der Waals surface area (Å²) in [5.41, 5.74) is 5.78. The largest absolute Gasteiger partial charge is 0.481 e. The van der Waals surface area contributed by atoms with Crippen molar-refractivity contribution < 1.29 is 29.3 Å². The van der Waals surface area contributed by atoms with Gasteiger partial charge in [-0.15, -0.1) is 10.2 Å². The molecule has 2 heterocycles. The molecule has 0 saturated carbocycles. The van der Waals surface area contributed by atoms with Crippen molar-refractivity contribution in [2.45, 2.75) is 62.5 Å². The van der Waals surface area contributed by atoms with Gasteiger partial charge in [0.15, 0.2) is 11.4 Å². The molecule has 0 aliphatic carbocycles. The van der Waals surface area contributed by atoms with E-state index < -0.39 is 12.3 Å². The van der Waals surface area contributed by atoms with Crippen LogP contribution in [0.1, 0.15) is 60.3 Å². The summed E-state index contributed by atoms with van der Waals surface area (Å²) in [4.78, 5) is 22.7. The predicted octanol–water partition coefficient (Wildman–Crippen LogP) is 5.18. The monoisotopic (exact) mass is 616 g/mol. The molecule has 5 rings (SSSR count). The van der Waals surface area contributed by atoms with E-state index in [1.54, 1.807) is 18.1 Å². The van der Waals surface area contributed by atoms with Gasteiger partial charge in [0.25, 0.3) is 0 Å². The number of nitrogens with zero attached hydrogens (tertiary/aromatic N) is 3. The molecule has 230 valence electrons. The minimum Gasteiger partial charge on any atom is -0.481 e. The van der Waals surface area contributed by atoms with Gasteiger partial charge in [0.1, 0.15) is 6.33 Å². The van der Waals surface area contributed by atoms with Crippen LogP contribution in [0.25, 0.3) is 11.1 Å². The molecule has 3 aromatic carbocycles. The number of aliphatic carboxylic acids is 1. The number of hydrogen-bond donors (Lipinski definition) is 3. The first-order chi connectivity index (χ1) is 21.4. The highest BCUT2D eigenvalue weighted by Crippen LogP contribution is 2.39. The maximum atomic E-state index is 12.1. The Morgan fingerprint density at radius 3 is 2.45 bits per heavy atom. The minimum absolute atomic E-state index is 0.00695. The van der Waals surface area contributed by atoms with Crippen molar-refractivity contribution in [3.05, 3.63) is 101 Å². The Balaban J connectivity index is 1.26. The van der Waals surface area contributed by atoms with E-state index in [-0.39, 0.29) is 37.6 Å². The van der Waals surface area contributed by atoms with E-state index in [4.69, 9.17) is 14.6 Å². The van der Waals surface area contributed by atoms with Gasteiger partial charge < -0.3 is 29.6 Å². The fourth-order valence-corrected chi connectivity index (χ4v) is 5.88. The molecule has 1 aromatic heterocycles. The molecule has 1 aliphatic heterocycles. The molecule has 44 heavy (non-hydrogen) atoms. The number of carboxylic acids is 1. The molecular formula is C33H36N4O6S. The Labute approximate surface area is 260 Å². The van der Waals surface area contributed by atoms with Crippen LogP contribution in [0.4, 0.5) is 0 Å². The number of aromatic nitrogens is 3. The maximum Gasteiger partial charge on any atom is 0.303 e. The maximum absolute atomic E-state index is 12.1. The lowest BCUT2D eigenvalue weighted by Crippen LogP contribution is -2.31. The van der Waals surface area contributed by atoms with Gasteiger partial charge in [-0.3, -0.25) is 9.59 Å². The number of nitrogens with one attached hydrogen (secondary N) is 1. The number of hydrogen-bond acceptors (Lipinski definition) is 8. The molecule has 1 fully saturated rings. The molecule has 10 nitrogen and oxygen atoms in total. The molecule has 11 heteroatoms. The summed E-state index contributed by atoms with van der Waals surface area (Å²) in [5.74, 6) is -0.369. The summed E-state index contributed by atoms with van der Waals surface area (Å²) in [5, 5.41) is 30.1. The van der Waals surface area contributed by atoms with Crippen LogP contribution in [0.15, 0.2) is 84.3 Å². The Bertz CT molecular complexity index is 1540. The van der Waals surface area contributed by atoms with Crippen molar-refractivity contribution in [3.63, 3.8) is 0 Å². The van der Waals surface area contributed by atoms with Crippen LogP contribution in [-0.2, 0) is 39.3 Å². The number of aliphatic hydroxyl groups excluding tert-OH is 1. The Hall–Kier alpha value is -4.03. The molecule has 1 aliphatic rings. The van der Waals surface area contributed by atoms with Crippen LogP contribution in [0.2, 0.25) is 0 Å². The fourth-order valence-electron chi connectivity index (χ4n) is 4.98. The molecule has 1 amide bonds. The molecule has 3 atom stereocenters. The molecule has 4 aromatic rings. The van der Waals surface area contributed by atoms with Crippen LogP contribution in [0, 0.1) is 0 Å². The molecule has 0 radical (unpaired) electrons. The number of aliphatic hydroxyl groups is 1. The van der Waals surface area contributed by atoms with E-state index in [1.807, 2.05) is 84.4 Å². The van der Waals surface area contributed by atoms with Gasteiger partial charge in [0.05, 0.1) is 18.8 Å². The Morgan fingerprint density at radius 1 is 0.977 bits per heavy atom. The second-order valence-corrected chi connectivity index (χ2v) is 11.7. The van der Waals surface area contributed by atoms with E-state index in [9.17, 15) is 14.7 Å². The number of aryl methyl sites for hydroxylation is 1.